The highest BCUT2D eigenvalue weighted by Crippen LogP contribution is 2.38. The molecule has 298 valence electrons. The standard InChI is InChI=1S/C21H27F3N4O.C20H27FN4O/c1-19(2)11-14(12-20(3,4)27-19)28(5)18-9-7-16(25-26-18)15-10-13(21(22,23)24)6-8-17(15)29;1-19(2)11-13(12-20(3,4)24-19)25(5)17-10-9-16(22-23-17)14-7-6-8-15(21)18(14)26/h6-10,14,27,29H,11-12H2,1-5H3;6-10,13,24,26H,11-12H2,1-5H3. The van der Waals surface area contributed by atoms with Gasteiger partial charge in [0, 0.05) is 59.5 Å². The molecule has 55 heavy (non-hydrogen) atoms. The van der Waals surface area contributed by atoms with Crippen molar-refractivity contribution < 1.29 is 27.8 Å². The smallest absolute Gasteiger partial charge is 0.416 e. The van der Waals surface area contributed by atoms with Crippen LogP contribution in [0.25, 0.3) is 22.5 Å². The lowest BCUT2D eigenvalue weighted by molar-refractivity contribution is -0.137. The molecule has 2 fully saturated rings. The van der Waals surface area contributed by atoms with E-state index in [9.17, 15) is 27.8 Å². The van der Waals surface area contributed by atoms with E-state index in [0.29, 0.717) is 23.1 Å². The number of phenols is 2. The number of nitrogens with zero attached hydrogens (tertiary/aromatic N) is 6. The Morgan fingerprint density at radius 2 is 1.05 bits per heavy atom. The first kappa shape index (κ1) is 41.6. The molecule has 0 unspecified atom stereocenters. The SMILES string of the molecule is CN(c1ccc(-c2cc(C(F)(F)F)ccc2O)nn1)C1CC(C)(C)NC(C)(C)C1.CN(c1ccc(-c2cccc(F)c2O)nn1)C1CC(C)(C)NC(C)(C)C1. The van der Waals surface area contributed by atoms with Crippen LogP contribution in [0.3, 0.4) is 0 Å². The summed E-state index contributed by atoms with van der Waals surface area (Å²) in [4.78, 5) is 4.22. The van der Waals surface area contributed by atoms with Crippen LogP contribution in [-0.4, -0.2) is 78.9 Å². The second-order valence-corrected chi connectivity index (χ2v) is 17.6. The van der Waals surface area contributed by atoms with Crippen molar-refractivity contribution in [3.05, 3.63) is 72.0 Å². The van der Waals surface area contributed by atoms with E-state index in [1.54, 1.807) is 30.3 Å². The molecule has 0 aliphatic carbocycles. The molecule has 10 nitrogen and oxygen atoms in total. The molecule has 0 atom stereocenters. The molecule has 0 spiro atoms. The number of anilines is 2. The minimum atomic E-state index is -4.50. The average Bonchev–Trinajstić information content (AvgIpc) is 3.06. The zero-order chi connectivity index (χ0) is 40.7. The van der Waals surface area contributed by atoms with E-state index in [1.165, 1.54) is 6.07 Å². The van der Waals surface area contributed by atoms with E-state index in [1.807, 2.05) is 20.2 Å². The Labute approximate surface area is 321 Å². The number of rotatable bonds is 6. The van der Waals surface area contributed by atoms with Crippen molar-refractivity contribution in [3.8, 4) is 34.0 Å². The summed E-state index contributed by atoms with van der Waals surface area (Å²) in [5.41, 5.74) is 0.175. The average molecular weight is 767 g/mol. The molecule has 0 amide bonds. The molecule has 0 bridgehead atoms. The summed E-state index contributed by atoms with van der Waals surface area (Å²) in [6.45, 7) is 17.5. The summed E-state index contributed by atoms with van der Waals surface area (Å²) < 4.78 is 52.5. The van der Waals surface area contributed by atoms with Gasteiger partial charge < -0.3 is 30.6 Å². The number of hydrogen-bond acceptors (Lipinski definition) is 10. The van der Waals surface area contributed by atoms with E-state index < -0.39 is 23.3 Å². The molecular weight excluding hydrogens is 712 g/mol. The van der Waals surface area contributed by atoms with Crippen LogP contribution in [0.15, 0.2) is 60.7 Å². The quantitative estimate of drug-likeness (QED) is 0.143. The number of nitrogens with one attached hydrogen (secondary N) is 2. The number of aromatic hydroxyl groups is 2. The minimum absolute atomic E-state index is 0.00524. The summed E-state index contributed by atoms with van der Waals surface area (Å²) in [5.74, 6) is 0.0755. The van der Waals surface area contributed by atoms with Gasteiger partial charge in [-0.1, -0.05) is 6.07 Å². The van der Waals surface area contributed by atoms with Gasteiger partial charge in [0.1, 0.15) is 5.75 Å². The summed E-state index contributed by atoms with van der Waals surface area (Å²) in [7, 11) is 3.99. The highest BCUT2D eigenvalue weighted by molar-refractivity contribution is 5.68. The lowest BCUT2D eigenvalue weighted by Crippen LogP contribution is -2.62. The van der Waals surface area contributed by atoms with Gasteiger partial charge in [-0.05, 0) is 136 Å². The topological polar surface area (TPSA) is 123 Å². The van der Waals surface area contributed by atoms with E-state index in [0.717, 1.165) is 49.7 Å². The Balaban J connectivity index is 0.000000212. The number of piperidine rings is 2. The van der Waals surface area contributed by atoms with Gasteiger partial charge in [0.05, 0.1) is 17.0 Å². The van der Waals surface area contributed by atoms with Crippen LogP contribution in [0.2, 0.25) is 0 Å². The lowest BCUT2D eigenvalue weighted by Gasteiger charge is -2.49. The summed E-state index contributed by atoms with van der Waals surface area (Å²) in [6.07, 6.45) is -0.650. The molecule has 2 aromatic carbocycles. The lowest BCUT2D eigenvalue weighted by atomic mass is 9.79. The third kappa shape index (κ3) is 10.2. The van der Waals surface area contributed by atoms with Gasteiger partial charge in [-0.25, -0.2) is 4.39 Å². The predicted molar refractivity (Wildman–Crippen MR) is 209 cm³/mol. The molecular formula is C41H54F4N8O2. The maximum Gasteiger partial charge on any atom is 0.416 e. The van der Waals surface area contributed by atoms with Crippen LogP contribution in [-0.2, 0) is 6.18 Å². The van der Waals surface area contributed by atoms with Crippen molar-refractivity contribution in [2.24, 2.45) is 0 Å². The van der Waals surface area contributed by atoms with Gasteiger partial charge in [0.25, 0.3) is 0 Å². The molecule has 2 aromatic heterocycles. The van der Waals surface area contributed by atoms with E-state index >= 15 is 0 Å². The fraction of sp³-hybridized carbons (Fsp3) is 0.512. The zero-order valence-electron chi connectivity index (χ0n) is 33.3. The minimum Gasteiger partial charge on any atom is -0.507 e. The molecule has 4 aromatic rings. The molecule has 2 aliphatic heterocycles. The fourth-order valence-corrected chi connectivity index (χ4v) is 8.41. The highest BCUT2D eigenvalue weighted by atomic mass is 19.4. The first-order valence-corrected chi connectivity index (χ1v) is 18.5. The number of benzene rings is 2. The zero-order valence-corrected chi connectivity index (χ0v) is 33.3. The van der Waals surface area contributed by atoms with E-state index in [-0.39, 0.29) is 45.2 Å². The van der Waals surface area contributed by atoms with Crippen LogP contribution >= 0.6 is 0 Å². The molecule has 2 aliphatic rings. The van der Waals surface area contributed by atoms with Gasteiger partial charge in [0.2, 0.25) is 0 Å². The maximum atomic E-state index is 13.5. The Hall–Kier alpha value is -4.56. The van der Waals surface area contributed by atoms with Gasteiger partial charge in [-0.15, -0.1) is 20.4 Å². The van der Waals surface area contributed by atoms with Crippen molar-refractivity contribution >= 4 is 11.6 Å². The summed E-state index contributed by atoms with van der Waals surface area (Å²) >= 11 is 0. The predicted octanol–water partition coefficient (Wildman–Crippen LogP) is 8.35. The van der Waals surface area contributed by atoms with Crippen molar-refractivity contribution in [1.82, 2.24) is 31.0 Å². The number of para-hydroxylation sites is 1. The Morgan fingerprint density at radius 3 is 1.45 bits per heavy atom. The van der Waals surface area contributed by atoms with E-state index in [2.05, 4.69) is 96.2 Å². The van der Waals surface area contributed by atoms with Crippen molar-refractivity contribution in [2.75, 3.05) is 23.9 Å². The summed E-state index contributed by atoms with van der Waals surface area (Å²) in [6, 6.07) is 14.7. The molecule has 4 N–H and O–H groups in total. The van der Waals surface area contributed by atoms with Crippen LogP contribution in [0.5, 0.6) is 11.5 Å². The third-order valence-corrected chi connectivity index (χ3v) is 10.3. The second-order valence-electron chi connectivity index (χ2n) is 17.6. The van der Waals surface area contributed by atoms with Crippen LogP contribution in [0, 0.1) is 5.82 Å². The molecule has 2 saturated heterocycles. The fourth-order valence-electron chi connectivity index (χ4n) is 8.41. The molecule has 4 heterocycles. The first-order chi connectivity index (χ1) is 25.4. The van der Waals surface area contributed by atoms with Crippen LogP contribution in [0.4, 0.5) is 29.2 Å². The third-order valence-electron chi connectivity index (χ3n) is 10.3. The normalized spacial score (nSPS) is 19.2. The molecule has 6 rings (SSSR count). The number of hydrogen-bond donors (Lipinski definition) is 4. The second kappa shape index (κ2) is 15.2. The van der Waals surface area contributed by atoms with Gasteiger partial charge in [-0.2, -0.15) is 13.2 Å². The first-order valence-electron chi connectivity index (χ1n) is 18.5. The van der Waals surface area contributed by atoms with E-state index in [4.69, 9.17) is 0 Å². The Morgan fingerprint density at radius 1 is 0.618 bits per heavy atom. The van der Waals surface area contributed by atoms with Gasteiger partial charge >= 0.3 is 6.18 Å². The largest absolute Gasteiger partial charge is 0.507 e. The number of halogens is 4. The van der Waals surface area contributed by atoms with Gasteiger partial charge in [0.15, 0.2) is 23.2 Å². The molecule has 14 heteroatoms. The molecule has 0 radical (unpaired) electrons. The highest BCUT2D eigenvalue weighted by Gasteiger charge is 2.41. The van der Waals surface area contributed by atoms with Crippen LogP contribution < -0.4 is 20.4 Å². The summed E-state index contributed by atoms with van der Waals surface area (Å²) in [5, 5.41) is 44.0. The van der Waals surface area contributed by atoms with Crippen molar-refractivity contribution in [3.63, 3.8) is 0 Å². The number of alkyl halides is 3. The monoisotopic (exact) mass is 766 g/mol. The number of phenolic OH excluding ortho intramolecular Hbond substituents is 2. The van der Waals surface area contributed by atoms with Crippen LogP contribution in [0.1, 0.15) is 86.6 Å². The number of aromatic nitrogens is 4. The maximum absolute atomic E-state index is 13.5. The Kier molecular flexibility index (Phi) is 11.5. The Bertz CT molecular complexity index is 1920. The molecule has 0 saturated carbocycles. The van der Waals surface area contributed by atoms with Gasteiger partial charge in [-0.3, -0.25) is 0 Å². The van der Waals surface area contributed by atoms with Crippen molar-refractivity contribution in [2.45, 2.75) is 121 Å². The van der Waals surface area contributed by atoms with Crippen molar-refractivity contribution in [1.29, 1.82) is 0 Å².